The highest BCUT2D eigenvalue weighted by molar-refractivity contribution is 6.09. The SMILES string of the molecule is CCc1ccc(C2c3c(oc4ccc(C)cc4c3=O)C(=O)N2c2ncccn2)cc1. The normalized spacial score (nSPS) is 15.6. The highest BCUT2D eigenvalue weighted by Gasteiger charge is 2.44. The van der Waals surface area contributed by atoms with Gasteiger partial charge in [-0.1, -0.05) is 42.8 Å². The zero-order chi connectivity index (χ0) is 20.8. The Labute approximate surface area is 172 Å². The average molecular weight is 397 g/mol. The van der Waals surface area contributed by atoms with Gasteiger partial charge in [0.15, 0.2) is 5.43 Å². The number of fused-ring (bicyclic) bond motifs is 2. The lowest BCUT2D eigenvalue weighted by atomic mass is 9.97. The quantitative estimate of drug-likeness (QED) is 0.518. The van der Waals surface area contributed by atoms with Crippen molar-refractivity contribution in [3.05, 3.63) is 99.2 Å². The third-order valence-electron chi connectivity index (χ3n) is 5.50. The third-order valence-corrected chi connectivity index (χ3v) is 5.50. The summed E-state index contributed by atoms with van der Waals surface area (Å²) in [6, 6.07) is 14.3. The molecular weight excluding hydrogens is 378 g/mol. The minimum Gasteiger partial charge on any atom is -0.450 e. The van der Waals surface area contributed by atoms with Gasteiger partial charge >= 0.3 is 0 Å². The molecule has 1 aliphatic heterocycles. The molecule has 0 bridgehead atoms. The van der Waals surface area contributed by atoms with Crippen LogP contribution in [-0.2, 0) is 6.42 Å². The van der Waals surface area contributed by atoms with Gasteiger partial charge in [0.25, 0.3) is 5.91 Å². The van der Waals surface area contributed by atoms with E-state index in [0.29, 0.717) is 16.5 Å². The first kappa shape index (κ1) is 18.2. The molecule has 2 aromatic carbocycles. The predicted molar refractivity (Wildman–Crippen MR) is 114 cm³/mol. The van der Waals surface area contributed by atoms with Gasteiger partial charge in [0, 0.05) is 12.4 Å². The number of aromatic nitrogens is 2. The van der Waals surface area contributed by atoms with E-state index in [1.54, 1.807) is 30.6 Å². The molecule has 148 valence electrons. The molecule has 1 unspecified atom stereocenters. The van der Waals surface area contributed by atoms with Crippen LogP contribution in [-0.4, -0.2) is 15.9 Å². The fourth-order valence-electron chi connectivity index (χ4n) is 3.96. The van der Waals surface area contributed by atoms with Crippen LogP contribution >= 0.6 is 0 Å². The summed E-state index contributed by atoms with van der Waals surface area (Å²) in [7, 11) is 0. The van der Waals surface area contributed by atoms with Crippen molar-refractivity contribution in [2.75, 3.05) is 4.90 Å². The molecule has 0 fully saturated rings. The summed E-state index contributed by atoms with van der Waals surface area (Å²) >= 11 is 0. The standard InChI is InChI=1S/C24H19N3O3/c1-3-15-6-8-16(9-7-15)20-19-21(28)17-13-14(2)5-10-18(17)30-22(19)23(29)27(20)24-25-11-4-12-26-24/h4-13,20H,3H2,1-2H3. The number of benzene rings is 2. The first-order chi connectivity index (χ1) is 14.6. The van der Waals surface area contributed by atoms with Crippen molar-refractivity contribution in [1.82, 2.24) is 9.97 Å². The largest absolute Gasteiger partial charge is 0.450 e. The molecule has 3 heterocycles. The summed E-state index contributed by atoms with van der Waals surface area (Å²) in [4.78, 5) is 36.9. The maximum atomic E-state index is 13.5. The van der Waals surface area contributed by atoms with Crippen LogP contribution in [0, 0.1) is 6.92 Å². The van der Waals surface area contributed by atoms with Crippen LogP contribution < -0.4 is 10.3 Å². The smallest absolute Gasteiger partial charge is 0.297 e. The molecule has 6 nitrogen and oxygen atoms in total. The summed E-state index contributed by atoms with van der Waals surface area (Å²) in [6.45, 7) is 4.00. The van der Waals surface area contributed by atoms with E-state index < -0.39 is 11.9 Å². The van der Waals surface area contributed by atoms with Gasteiger partial charge < -0.3 is 4.42 Å². The van der Waals surface area contributed by atoms with Crippen LogP contribution in [0.4, 0.5) is 5.95 Å². The van der Waals surface area contributed by atoms with Crippen molar-refractivity contribution in [3.8, 4) is 0 Å². The highest BCUT2D eigenvalue weighted by atomic mass is 16.3. The molecule has 0 aliphatic carbocycles. The molecule has 5 rings (SSSR count). The van der Waals surface area contributed by atoms with E-state index >= 15 is 0 Å². The number of carbonyl (C=O) groups excluding carboxylic acids is 1. The highest BCUT2D eigenvalue weighted by Crippen LogP contribution is 2.39. The van der Waals surface area contributed by atoms with E-state index in [1.807, 2.05) is 37.3 Å². The Morgan fingerprint density at radius 2 is 1.77 bits per heavy atom. The minimum atomic E-state index is -0.651. The van der Waals surface area contributed by atoms with Gasteiger partial charge in [-0.15, -0.1) is 0 Å². The van der Waals surface area contributed by atoms with Crippen molar-refractivity contribution in [2.24, 2.45) is 0 Å². The van der Waals surface area contributed by atoms with Crippen molar-refractivity contribution in [2.45, 2.75) is 26.3 Å². The lowest BCUT2D eigenvalue weighted by Gasteiger charge is -2.23. The first-order valence-electron chi connectivity index (χ1n) is 9.85. The number of hydrogen-bond donors (Lipinski definition) is 0. The van der Waals surface area contributed by atoms with Crippen LogP contribution in [0.15, 0.2) is 70.1 Å². The number of rotatable bonds is 3. The Kier molecular flexibility index (Phi) is 4.20. The molecule has 0 N–H and O–H groups in total. The number of nitrogens with zero attached hydrogens (tertiary/aromatic N) is 3. The molecule has 1 atom stereocenters. The van der Waals surface area contributed by atoms with Gasteiger partial charge in [0.05, 0.1) is 17.0 Å². The van der Waals surface area contributed by atoms with Crippen molar-refractivity contribution in [3.63, 3.8) is 0 Å². The number of amides is 1. The van der Waals surface area contributed by atoms with Crippen molar-refractivity contribution < 1.29 is 9.21 Å². The molecule has 0 saturated carbocycles. The van der Waals surface area contributed by atoms with E-state index in [0.717, 1.165) is 17.5 Å². The molecule has 0 spiro atoms. The predicted octanol–water partition coefficient (Wildman–Crippen LogP) is 4.20. The zero-order valence-corrected chi connectivity index (χ0v) is 16.6. The fourth-order valence-corrected chi connectivity index (χ4v) is 3.96. The molecule has 1 aliphatic rings. The summed E-state index contributed by atoms with van der Waals surface area (Å²) in [6.07, 6.45) is 4.05. The Morgan fingerprint density at radius 3 is 2.47 bits per heavy atom. The molecular formula is C24H19N3O3. The molecule has 0 radical (unpaired) electrons. The summed E-state index contributed by atoms with van der Waals surface area (Å²) < 4.78 is 5.95. The van der Waals surface area contributed by atoms with Gasteiger partial charge in [0.2, 0.25) is 11.7 Å². The number of aryl methyl sites for hydroxylation is 2. The van der Waals surface area contributed by atoms with Gasteiger partial charge in [-0.05, 0) is 42.7 Å². The van der Waals surface area contributed by atoms with Crippen LogP contribution in [0.3, 0.4) is 0 Å². The lowest BCUT2D eigenvalue weighted by Crippen LogP contribution is -2.31. The van der Waals surface area contributed by atoms with E-state index in [9.17, 15) is 9.59 Å². The van der Waals surface area contributed by atoms with Crippen LogP contribution in [0.2, 0.25) is 0 Å². The summed E-state index contributed by atoms with van der Waals surface area (Å²) in [5.74, 6) is -0.133. The Hall–Kier alpha value is -3.80. The van der Waals surface area contributed by atoms with Gasteiger partial charge in [0.1, 0.15) is 5.58 Å². The number of anilines is 1. The average Bonchev–Trinajstić information content (AvgIpc) is 3.07. The van der Waals surface area contributed by atoms with Crippen LogP contribution in [0.5, 0.6) is 0 Å². The van der Waals surface area contributed by atoms with Crippen LogP contribution in [0.25, 0.3) is 11.0 Å². The maximum Gasteiger partial charge on any atom is 0.297 e. The monoisotopic (exact) mass is 397 g/mol. The summed E-state index contributed by atoms with van der Waals surface area (Å²) in [5, 5.41) is 0.465. The minimum absolute atomic E-state index is 0.0494. The fraction of sp³-hybridized carbons (Fsp3) is 0.167. The molecule has 0 saturated heterocycles. The molecule has 30 heavy (non-hydrogen) atoms. The van der Waals surface area contributed by atoms with Gasteiger partial charge in [-0.25, -0.2) is 9.97 Å². The summed E-state index contributed by atoms with van der Waals surface area (Å²) in [5.41, 5.74) is 3.46. The molecule has 2 aromatic heterocycles. The van der Waals surface area contributed by atoms with E-state index in [1.165, 1.54) is 10.5 Å². The third kappa shape index (κ3) is 2.72. The Bertz CT molecular complexity index is 1330. The number of hydrogen-bond acceptors (Lipinski definition) is 5. The topological polar surface area (TPSA) is 76.3 Å². The van der Waals surface area contributed by atoms with E-state index in [2.05, 4.69) is 16.9 Å². The maximum absolute atomic E-state index is 13.5. The van der Waals surface area contributed by atoms with Gasteiger partial charge in [-0.3, -0.25) is 14.5 Å². The van der Waals surface area contributed by atoms with Crippen LogP contribution in [0.1, 0.15) is 45.8 Å². The first-order valence-corrected chi connectivity index (χ1v) is 9.85. The molecule has 4 aromatic rings. The Balaban J connectivity index is 1.80. The Morgan fingerprint density at radius 1 is 1.03 bits per heavy atom. The molecule has 6 heteroatoms. The zero-order valence-electron chi connectivity index (χ0n) is 16.6. The van der Waals surface area contributed by atoms with Crippen molar-refractivity contribution in [1.29, 1.82) is 0 Å². The second kappa shape index (κ2) is 6.91. The lowest BCUT2D eigenvalue weighted by molar-refractivity contribution is 0.0969. The van der Waals surface area contributed by atoms with E-state index in [-0.39, 0.29) is 17.1 Å². The molecule has 1 amide bonds. The van der Waals surface area contributed by atoms with Gasteiger partial charge in [-0.2, -0.15) is 0 Å². The second-order valence-electron chi connectivity index (χ2n) is 7.40. The number of carbonyl (C=O) groups is 1. The van der Waals surface area contributed by atoms with Crippen molar-refractivity contribution >= 4 is 22.8 Å². The second-order valence-corrected chi connectivity index (χ2v) is 7.40. The van der Waals surface area contributed by atoms with E-state index in [4.69, 9.17) is 4.42 Å².